The summed E-state index contributed by atoms with van der Waals surface area (Å²) in [6, 6.07) is 10.6. The molecule has 0 unspecified atom stereocenters. The van der Waals surface area contributed by atoms with Gasteiger partial charge in [-0.25, -0.2) is 0 Å². The Morgan fingerprint density at radius 1 is 1.36 bits per heavy atom. The van der Waals surface area contributed by atoms with Gasteiger partial charge in [0.2, 0.25) is 0 Å². The summed E-state index contributed by atoms with van der Waals surface area (Å²) in [4.78, 5) is 0. The molecule has 0 radical (unpaired) electrons. The summed E-state index contributed by atoms with van der Waals surface area (Å²) < 4.78 is 0. The Labute approximate surface area is 66.7 Å². The molecule has 58 valence electrons. The summed E-state index contributed by atoms with van der Waals surface area (Å²) in [5, 5.41) is 16.3. The van der Waals surface area contributed by atoms with Crippen LogP contribution in [-0.2, 0) is 0 Å². The first-order valence-corrected chi connectivity index (χ1v) is 3.42. The molecule has 1 N–H and O–H groups in total. The van der Waals surface area contributed by atoms with E-state index in [0.29, 0.717) is 12.2 Å². The fourth-order valence-corrected chi connectivity index (χ4v) is 0.428. The highest BCUT2D eigenvalue weighted by atomic mass is 16.3. The standard InChI is InChI=1S/C6H6O.C3H5N/c7-6-4-2-1-3-5-6;1-2-3-4/h1-5,7H;2H2,1H3. The molecule has 0 heterocycles. The van der Waals surface area contributed by atoms with Gasteiger partial charge >= 0.3 is 0 Å². The van der Waals surface area contributed by atoms with Gasteiger partial charge in [0.05, 0.1) is 6.07 Å². The smallest absolute Gasteiger partial charge is 0.115 e. The third-order valence-electron chi connectivity index (χ3n) is 0.914. The van der Waals surface area contributed by atoms with Crippen molar-refractivity contribution in [1.29, 1.82) is 5.26 Å². The molecule has 0 spiro atoms. The lowest BCUT2D eigenvalue weighted by Gasteiger charge is -1.82. The maximum Gasteiger partial charge on any atom is 0.115 e. The normalized spacial score (nSPS) is 7.27. The van der Waals surface area contributed by atoms with Crippen molar-refractivity contribution in [3.05, 3.63) is 30.3 Å². The second-order valence-electron chi connectivity index (χ2n) is 1.85. The Balaban J connectivity index is 0.000000218. The summed E-state index contributed by atoms with van der Waals surface area (Å²) in [7, 11) is 0. The van der Waals surface area contributed by atoms with Crippen LogP contribution in [0.25, 0.3) is 0 Å². The van der Waals surface area contributed by atoms with Gasteiger partial charge in [0.1, 0.15) is 5.75 Å². The van der Waals surface area contributed by atoms with Crippen LogP contribution in [0, 0.1) is 11.3 Å². The minimum absolute atomic E-state index is 0.322. The predicted octanol–water partition coefficient (Wildman–Crippen LogP) is 2.31. The van der Waals surface area contributed by atoms with Gasteiger partial charge in [-0.05, 0) is 12.1 Å². The maximum atomic E-state index is 8.63. The predicted molar refractivity (Wildman–Crippen MR) is 44.0 cm³/mol. The zero-order valence-corrected chi connectivity index (χ0v) is 6.49. The molecular weight excluding hydrogens is 138 g/mol. The third-order valence-corrected chi connectivity index (χ3v) is 0.914. The highest BCUT2D eigenvalue weighted by Gasteiger charge is 1.74. The van der Waals surface area contributed by atoms with Gasteiger partial charge in [0, 0.05) is 6.42 Å². The lowest BCUT2D eigenvalue weighted by Crippen LogP contribution is -1.56. The van der Waals surface area contributed by atoms with Crippen LogP contribution in [-0.4, -0.2) is 5.11 Å². The van der Waals surface area contributed by atoms with Gasteiger partial charge < -0.3 is 5.11 Å². The molecule has 0 aliphatic carbocycles. The van der Waals surface area contributed by atoms with E-state index in [1.165, 1.54) is 0 Å². The molecule has 0 atom stereocenters. The summed E-state index contributed by atoms with van der Waals surface area (Å²) in [6.45, 7) is 1.82. The first-order valence-electron chi connectivity index (χ1n) is 3.42. The number of para-hydroxylation sites is 1. The second kappa shape index (κ2) is 6.63. The molecule has 0 bridgehead atoms. The molecular formula is C9H11NO. The van der Waals surface area contributed by atoms with E-state index in [4.69, 9.17) is 10.4 Å². The lowest BCUT2D eigenvalue weighted by molar-refractivity contribution is 0.475. The molecule has 0 aromatic heterocycles. The number of aromatic hydroxyl groups is 1. The van der Waals surface area contributed by atoms with E-state index in [2.05, 4.69) is 0 Å². The molecule has 0 aliphatic rings. The number of nitriles is 1. The number of hydrogen-bond acceptors (Lipinski definition) is 2. The van der Waals surface area contributed by atoms with Crippen LogP contribution in [0.3, 0.4) is 0 Å². The van der Waals surface area contributed by atoms with Crippen molar-refractivity contribution in [3.8, 4) is 11.8 Å². The number of hydrogen-bond donors (Lipinski definition) is 1. The summed E-state index contributed by atoms with van der Waals surface area (Å²) in [5.41, 5.74) is 0. The largest absolute Gasteiger partial charge is 0.508 e. The number of rotatable bonds is 0. The van der Waals surface area contributed by atoms with Crippen LogP contribution in [0.2, 0.25) is 0 Å². The molecule has 1 aromatic rings. The monoisotopic (exact) mass is 149 g/mol. The third kappa shape index (κ3) is 6.39. The molecule has 2 heteroatoms. The molecule has 2 nitrogen and oxygen atoms in total. The number of phenols is 1. The number of benzene rings is 1. The van der Waals surface area contributed by atoms with Crippen LogP contribution in [0.1, 0.15) is 13.3 Å². The van der Waals surface area contributed by atoms with Crippen LogP contribution in [0.4, 0.5) is 0 Å². The van der Waals surface area contributed by atoms with Gasteiger partial charge in [0.15, 0.2) is 0 Å². The SMILES string of the molecule is CCC#N.Oc1ccccc1. The van der Waals surface area contributed by atoms with Gasteiger partial charge in [-0.15, -0.1) is 0 Å². The van der Waals surface area contributed by atoms with Crippen LogP contribution in [0.5, 0.6) is 5.75 Å². The quantitative estimate of drug-likeness (QED) is 0.615. The average molecular weight is 149 g/mol. The van der Waals surface area contributed by atoms with Crippen molar-refractivity contribution in [2.24, 2.45) is 0 Å². The molecule has 1 rings (SSSR count). The summed E-state index contributed by atoms with van der Waals surface area (Å²) in [5.74, 6) is 0.322. The molecule has 1 aromatic carbocycles. The highest BCUT2D eigenvalue weighted by Crippen LogP contribution is 2.02. The first kappa shape index (κ1) is 9.51. The Kier molecular flexibility index (Phi) is 5.73. The van der Waals surface area contributed by atoms with E-state index >= 15 is 0 Å². The Morgan fingerprint density at radius 2 is 1.82 bits per heavy atom. The zero-order chi connectivity index (χ0) is 8.53. The van der Waals surface area contributed by atoms with E-state index in [9.17, 15) is 0 Å². The van der Waals surface area contributed by atoms with E-state index in [1.54, 1.807) is 24.3 Å². The van der Waals surface area contributed by atoms with Gasteiger partial charge in [-0.2, -0.15) is 5.26 Å². The van der Waals surface area contributed by atoms with Crippen molar-refractivity contribution >= 4 is 0 Å². The maximum absolute atomic E-state index is 8.63. The minimum Gasteiger partial charge on any atom is -0.508 e. The van der Waals surface area contributed by atoms with E-state index in [0.717, 1.165) is 0 Å². The van der Waals surface area contributed by atoms with Crippen molar-refractivity contribution in [2.45, 2.75) is 13.3 Å². The van der Waals surface area contributed by atoms with Gasteiger partial charge in [-0.3, -0.25) is 0 Å². The first-order chi connectivity index (χ1) is 5.31. The van der Waals surface area contributed by atoms with Crippen LogP contribution in [0.15, 0.2) is 30.3 Å². The molecule has 0 saturated carbocycles. The van der Waals surface area contributed by atoms with Crippen LogP contribution >= 0.6 is 0 Å². The van der Waals surface area contributed by atoms with Gasteiger partial charge in [-0.1, -0.05) is 25.1 Å². The number of nitrogens with zero attached hydrogens (tertiary/aromatic N) is 1. The summed E-state index contributed by atoms with van der Waals surface area (Å²) in [6.07, 6.45) is 0.625. The van der Waals surface area contributed by atoms with Crippen LogP contribution < -0.4 is 0 Å². The van der Waals surface area contributed by atoms with E-state index in [-0.39, 0.29) is 0 Å². The van der Waals surface area contributed by atoms with E-state index < -0.39 is 0 Å². The summed E-state index contributed by atoms with van der Waals surface area (Å²) >= 11 is 0. The molecule has 11 heavy (non-hydrogen) atoms. The fraction of sp³-hybridized carbons (Fsp3) is 0.222. The molecule has 0 aliphatic heterocycles. The second-order valence-corrected chi connectivity index (χ2v) is 1.85. The molecule has 0 fully saturated rings. The molecule has 0 amide bonds. The average Bonchev–Trinajstić information content (AvgIpc) is 2.07. The zero-order valence-electron chi connectivity index (χ0n) is 6.49. The Morgan fingerprint density at radius 3 is 2.00 bits per heavy atom. The minimum atomic E-state index is 0.322. The lowest BCUT2D eigenvalue weighted by atomic mass is 10.3. The van der Waals surface area contributed by atoms with Crippen molar-refractivity contribution in [1.82, 2.24) is 0 Å². The van der Waals surface area contributed by atoms with Gasteiger partial charge in [0.25, 0.3) is 0 Å². The Hall–Kier alpha value is -1.49. The highest BCUT2D eigenvalue weighted by molar-refractivity contribution is 5.18. The van der Waals surface area contributed by atoms with Crippen molar-refractivity contribution in [2.75, 3.05) is 0 Å². The Bertz CT molecular complexity index is 213. The van der Waals surface area contributed by atoms with Crippen molar-refractivity contribution < 1.29 is 5.11 Å². The fourth-order valence-electron chi connectivity index (χ4n) is 0.428. The number of phenolic OH excluding ortho intramolecular Hbond substituents is 1. The topological polar surface area (TPSA) is 44.0 Å². The van der Waals surface area contributed by atoms with Crippen molar-refractivity contribution in [3.63, 3.8) is 0 Å². The van der Waals surface area contributed by atoms with E-state index in [1.807, 2.05) is 19.1 Å². The molecule has 0 saturated heterocycles.